The first-order chi connectivity index (χ1) is 16.0. The number of aromatic nitrogens is 3. The maximum Gasteiger partial charge on any atom is 0.276 e. The normalized spacial score (nSPS) is 15.5. The Kier molecular flexibility index (Phi) is 6.67. The molecule has 9 heteroatoms. The van der Waals surface area contributed by atoms with Crippen LogP contribution >= 0.6 is 0 Å². The number of aryl methyl sites for hydroxylation is 2. The van der Waals surface area contributed by atoms with Crippen molar-refractivity contribution in [2.24, 2.45) is 0 Å². The summed E-state index contributed by atoms with van der Waals surface area (Å²) in [5.41, 5.74) is 1.88. The van der Waals surface area contributed by atoms with Gasteiger partial charge in [-0.15, -0.1) is 0 Å². The van der Waals surface area contributed by atoms with E-state index in [9.17, 15) is 9.59 Å². The van der Waals surface area contributed by atoms with Gasteiger partial charge in [-0.25, -0.2) is 9.97 Å². The molecule has 9 nitrogen and oxygen atoms in total. The van der Waals surface area contributed by atoms with Crippen molar-refractivity contribution in [3.63, 3.8) is 0 Å². The highest BCUT2D eigenvalue weighted by atomic mass is 16.5. The lowest BCUT2D eigenvalue weighted by Gasteiger charge is -2.15. The quantitative estimate of drug-likeness (QED) is 0.586. The van der Waals surface area contributed by atoms with Gasteiger partial charge < -0.3 is 19.5 Å². The van der Waals surface area contributed by atoms with Crippen LogP contribution in [0.5, 0.6) is 5.75 Å². The van der Waals surface area contributed by atoms with Crippen LogP contribution in [0.4, 0.5) is 5.69 Å². The first-order valence-corrected chi connectivity index (χ1v) is 11.0. The largest absolute Gasteiger partial charge is 0.495 e. The lowest BCUT2D eigenvalue weighted by atomic mass is 10.1. The fourth-order valence-corrected chi connectivity index (χ4v) is 3.94. The van der Waals surface area contributed by atoms with Crippen LogP contribution in [0.25, 0.3) is 0 Å². The molecule has 1 N–H and O–H groups in total. The number of benzene rings is 1. The Bertz CT molecular complexity index is 1160. The molecule has 1 saturated heterocycles. The lowest BCUT2D eigenvalue weighted by Crippen LogP contribution is -2.29. The summed E-state index contributed by atoms with van der Waals surface area (Å²) >= 11 is 0. The second kappa shape index (κ2) is 9.81. The third kappa shape index (κ3) is 4.87. The van der Waals surface area contributed by atoms with Crippen molar-refractivity contribution in [2.75, 3.05) is 25.5 Å². The number of amides is 2. The zero-order chi connectivity index (χ0) is 23.4. The molecular formula is C24H27N5O4. The molecule has 3 heterocycles. The first kappa shape index (κ1) is 22.4. The molecule has 0 bridgehead atoms. The van der Waals surface area contributed by atoms with Gasteiger partial charge in [0.2, 0.25) is 0 Å². The summed E-state index contributed by atoms with van der Waals surface area (Å²) in [6.45, 7) is 4.92. The molecule has 33 heavy (non-hydrogen) atoms. The third-order valence-electron chi connectivity index (χ3n) is 5.71. The Morgan fingerprint density at radius 3 is 2.88 bits per heavy atom. The van der Waals surface area contributed by atoms with Crippen LogP contribution < -0.4 is 10.1 Å². The number of hydrogen-bond donors (Lipinski definition) is 1. The molecule has 1 unspecified atom stereocenters. The van der Waals surface area contributed by atoms with E-state index in [1.807, 2.05) is 19.1 Å². The number of nitrogens with zero attached hydrogens (tertiary/aromatic N) is 4. The van der Waals surface area contributed by atoms with Gasteiger partial charge in [-0.1, -0.05) is 24.2 Å². The number of para-hydroxylation sites is 2. The van der Waals surface area contributed by atoms with Crippen molar-refractivity contribution in [1.82, 2.24) is 20.0 Å². The van der Waals surface area contributed by atoms with Gasteiger partial charge in [-0.2, -0.15) is 0 Å². The van der Waals surface area contributed by atoms with Gasteiger partial charge >= 0.3 is 0 Å². The van der Waals surface area contributed by atoms with Gasteiger partial charge in [0.15, 0.2) is 5.69 Å². The van der Waals surface area contributed by atoms with Crippen LogP contribution in [0.2, 0.25) is 0 Å². The summed E-state index contributed by atoms with van der Waals surface area (Å²) in [4.78, 5) is 36.3. The predicted molar refractivity (Wildman–Crippen MR) is 121 cm³/mol. The molecular weight excluding hydrogens is 422 g/mol. The van der Waals surface area contributed by atoms with Gasteiger partial charge in [-0.05, 0) is 31.9 Å². The molecule has 4 rings (SSSR count). The van der Waals surface area contributed by atoms with Crippen molar-refractivity contribution in [3.8, 4) is 5.75 Å². The number of carbonyl (C=O) groups is 2. The van der Waals surface area contributed by atoms with E-state index >= 15 is 0 Å². The van der Waals surface area contributed by atoms with Crippen LogP contribution in [0.3, 0.4) is 0 Å². The molecule has 2 aromatic heterocycles. The van der Waals surface area contributed by atoms with Crippen molar-refractivity contribution in [3.05, 3.63) is 65.1 Å². The van der Waals surface area contributed by atoms with Crippen LogP contribution in [-0.4, -0.2) is 52.0 Å². The van der Waals surface area contributed by atoms with Gasteiger partial charge in [0.05, 0.1) is 24.1 Å². The molecule has 0 radical (unpaired) electrons. The number of nitrogens with one attached hydrogen (secondary N) is 1. The van der Waals surface area contributed by atoms with E-state index in [1.165, 1.54) is 0 Å². The Morgan fingerprint density at radius 2 is 2.12 bits per heavy atom. The second-order valence-electron chi connectivity index (χ2n) is 8.05. The SMILES string of the molecule is CCCc1cc(C(=O)N2CCC(c3ncc(C(=O)Nc4ccccc4OC)c(C)n3)C2)no1. The van der Waals surface area contributed by atoms with Crippen molar-refractivity contribution < 1.29 is 18.8 Å². The molecule has 1 aliphatic rings. The van der Waals surface area contributed by atoms with Crippen LogP contribution in [0.1, 0.15) is 63.8 Å². The number of likely N-dealkylation sites (tertiary alicyclic amines) is 1. The van der Waals surface area contributed by atoms with Crippen LogP contribution in [-0.2, 0) is 6.42 Å². The van der Waals surface area contributed by atoms with E-state index in [0.717, 1.165) is 25.0 Å². The van der Waals surface area contributed by atoms with E-state index < -0.39 is 0 Å². The molecule has 0 aliphatic carbocycles. The topological polar surface area (TPSA) is 110 Å². The zero-order valence-corrected chi connectivity index (χ0v) is 19.0. The predicted octanol–water partition coefficient (Wildman–Crippen LogP) is 3.62. The Hall–Kier alpha value is -3.75. The minimum absolute atomic E-state index is 0.000918. The Labute approximate surface area is 192 Å². The van der Waals surface area contributed by atoms with Gasteiger partial charge in [0.1, 0.15) is 17.3 Å². The van der Waals surface area contributed by atoms with E-state index in [2.05, 4.69) is 20.4 Å². The zero-order valence-electron chi connectivity index (χ0n) is 19.0. The summed E-state index contributed by atoms with van der Waals surface area (Å²) in [5.74, 6) is 1.47. The summed E-state index contributed by atoms with van der Waals surface area (Å²) in [7, 11) is 1.55. The van der Waals surface area contributed by atoms with E-state index in [4.69, 9.17) is 9.26 Å². The lowest BCUT2D eigenvalue weighted by molar-refractivity contribution is 0.0780. The summed E-state index contributed by atoms with van der Waals surface area (Å²) < 4.78 is 10.5. The number of carbonyl (C=O) groups excluding carboxylic acids is 2. The van der Waals surface area contributed by atoms with Crippen molar-refractivity contribution in [2.45, 2.75) is 39.0 Å². The fraction of sp³-hybridized carbons (Fsp3) is 0.375. The Balaban J connectivity index is 1.42. The maximum atomic E-state index is 12.8. The van der Waals surface area contributed by atoms with E-state index in [1.54, 1.807) is 43.3 Å². The Morgan fingerprint density at radius 1 is 1.30 bits per heavy atom. The number of rotatable bonds is 7. The number of methoxy groups -OCH3 is 1. The molecule has 0 spiro atoms. The standard InChI is InChI=1S/C24H27N5O4/c1-4-7-17-12-20(28-33-17)24(31)29-11-10-16(14-29)22-25-13-18(15(2)26-22)23(30)27-19-8-5-6-9-21(19)32-3/h5-6,8-9,12-13,16H,4,7,10-11,14H2,1-3H3,(H,27,30). The molecule has 2 amide bonds. The number of hydrogen-bond acceptors (Lipinski definition) is 7. The van der Waals surface area contributed by atoms with Gasteiger partial charge in [-0.3, -0.25) is 9.59 Å². The second-order valence-corrected chi connectivity index (χ2v) is 8.05. The summed E-state index contributed by atoms with van der Waals surface area (Å²) in [6, 6.07) is 8.92. The first-order valence-electron chi connectivity index (χ1n) is 11.0. The molecule has 1 fully saturated rings. The van der Waals surface area contributed by atoms with Crippen LogP contribution in [0, 0.1) is 6.92 Å². The summed E-state index contributed by atoms with van der Waals surface area (Å²) in [5, 5.41) is 6.76. The molecule has 172 valence electrons. The van der Waals surface area contributed by atoms with Crippen LogP contribution in [0.15, 0.2) is 41.1 Å². The van der Waals surface area contributed by atoms with Gasteiger partial charge in [0, 0.05) is 37.7 Å². The molecule has 0 saturated carbocycles. The highest BCUT2D eigenvalue weighted by molar-refractivity contribution is 6.05. The number of anilines is 1. The average molecular weight is 450 g/mol. The molecule has 1 aromatic carbocycles. The third-order valence-corrected chi connectivity index (χ3v) is 5.71. The molecule has 3 aromatic rings. The van der Waals surface area contributed by atoms with E-state index in [-0.39, 0.29) is 17.7 Å². The fourth-order valence-electron chi connectivity index (χ4n) is 3.94. The van der Waals surface area contributed by atoms with E-state index in [0.29, 0.717) is 47.3 Å². The monoisotopic (exact) mass is 449 g/mol. The minimum atomic E-state index is -0.305. The maximum absolute atomic E-state index is 12.8. The minimum Gasteiger partial charge on any atom is -0.495 e. The molecule has 1 atom stereocenters. The smallest absolute Gasteiger partial charge is 0.276 e. The number of ether oxygens (including phenoxy) is 1. The van der Waals surface area contributed by atoms with Crippen molar-refractivity contribution in [1.29, 1.82) is 0 Å². The average Bonchev–Trinajstić information content (AvgIpc) is 3.49. The highest BCUT2D eigenvalue weighted by Crippen LogP contribution is 2.27. The van der Waals surface area contributed by atoms with Gasteiger partial charge in [0.25, 0.3) is 11.8 Å². The molecule has 1 aliphatic heterocycles. The summed E-state index contributed by atoms with van der Waals surface area (Å²) in [6.07, 6.45) is 3.98. The highest BCUT2D eigenvalue weighted by Gasteiger charge is 2.31. The van der Waals surface area contributed by atoms with Crippen molar-refractivity contribution >= 4 is 17.5 Å².